The molecule has 2 atom stereocenters. The minimum Gasteiger partial charge on any atom is -0.396 e. The van der Waals surface area contributed by atoms with Gasteiger partial charge in [-0.05, 0) is 24.6 Å². The summed E-state index contributed by atoms with van der Waals surface area (Å²) in [7, 11) is 0. The van der Waals surface area contributed by atoms with Crippen molar-refractivity contribution in [3.63, 3.8) is 0 Å². The fraction of sp³-hybridized carbons (Fsp3) is 0.444. The van der Waals surface area contributed by atoms with Crippen molar-refractivity contribution < 1.29 is 24.3 Å². The van der Waals surface area contributed by atoms with Crippen molar-refractivity contribution in [3.8, 4) is 0 Å². The molecular weight excluding hydrogens is 352 g/mol. The highest BCUT2D eigenvalue weighted by Gasteiger charge is 2.45. The Morgan fingerprint density at radius 1 is 1.26 bits per heavy atom. The number of carbonyl (C=O) groups is 4. The van der Waals surface area contributed by atoms with E-state index in [1.807, 2.05) is 0 Å². The number of carbonyl (C=O) groups excluding carboxylic acids is 4. The Hall–Kier alpha value is -2.62. The van der Waals surface area contributed by atoms with Gasteiger partial charge in [0.2, 0.25) is 11.8 Å². The number of aliphatic hydroxyl groups excluding tert-OH is 1. The van der Waals surface area contributed by atoms with E-state index in [9.17, 15) is 24.3 Å². The average Bonchev–Trinajstić information content (AvgIpc) is 2.91. The van der Waals surface area contributed by atoms with Gasteiger partial charge in [-0.3, -0.25) is 29.4 Å². The van der Waals surface area contributed by atoms with Gasteiger partial charge in [0.1, 0.15) is 6.04 Å². The summed E-state index contributed by atoms with van der Waals surface area (Å²) >= 11 is 0. The molecule has 9 heteroatoms. The molecule has 0 aliphatic carbocycles. The Labute approximate surface area is 155 Å². The number of nitrogens with two attached hydrogens (primary N) is 1. The first-order chi connectivity index (χ1) is 13.0. The zero-order valence-electron chi connectivity index (χ0n) is 14.7. The molecule has 0 radical (unpaired) electrons. The number of imide groups is 2. The van der Waals surface area contributed by atoms with Crippen LogP contribution in [0.25, 0.3) is 0 Å². The fourth-order valence-electron chi connectivity index (χ4n) is 3.37. The third-order valence-corrected chi connectivity index (χ3v) is 4.89. The molecule has 2 heterocycles. The van der Waals surface area contributed by atoms with Gasteiger partial charge in [-0.1, -0.05) is 12.1 Å². The lowest BCUT2D eigenvalue weighted by Gasteiger charge is -2.27. The molecule has 5 N–H and O–H groups in total. The Balaban J connectivity index is 1.80. The summed E-state index contributed by atoms with van der Waals surface area (Å²) in [5.74, 6) is -2.19. The molecule has 0 spiro atoms. The van der Waals surface area contributed by atoms with E-state index < -0.39 is 29.7 Å². The number of fused-ring (bicyclic) bond motifs is 1. The molecule has 9 nitrogen and oxygen atoms in total. The van der Waals surface area contributed by atoms with E-state index in [-0.39, 0.29) is 36.5 Å². The molecule has 2 aliphatic rings. The van der Waals surface area contributed by atoms with Gasteiger partial charge in [-0.15, -0.1) is 0 Å². The van der Waals surface area contributed by atoms with Gasteiger partial charge in [-0.2, -0.15) is 0 Å². The van der Waals surface area contributed by atoms with Gasteiger partial charge >= 0.3 is 0 Å². The number of rotatable bonds is 7. The molecule has 1 aromatic rings. The number of aliphatic hydroxyl groups is 1. The number of nitrogens with zero attached hydrogens (tertiary/aromatic N) is 1. The van der Waals surface area contributed by atoms with Gasteiger partial charge in [0.05, 0.1) is 11.1 Å². The second-order valence-electron chi connectivity index (χ2n) is 6.70. The Kier molecular flexibility index (Phi) is 5.64. The van der Waals surface area contributed by atoms with Crippen LogP contribution in [0.5, 0.6) is 0 Å². The standard InChI is InChI=1S/C18H22N4O5/c19-6-10(9-23)7-20-8-11-2-1-3-12-15(11)18(27)22(17(12)26)13-4-5-14(24)21-16(13)25/h1-3,10,13,20,23H,4-9,19H2,(H,21,24,25). The van der Waals surface area contributed by atoms with Crippen molar-refractivity contribution in [1.82, 2.24) is 15.5 Å². The Bertz CT molecular complexity index is 790. The van der Waals surface area contributed by atoms with Crippen LogP contribution in [0.2, 0.25) is 0 Å². The van der Waals surface area contributed by atoms with Gasteiger partial charge in [0.25, 0.3) is 11.8 Å². The van der Waals surface area contributed by atoms with E-state index in [1.54, 1.807) is 18.2 Å². The van der Waals surface area contributed by atoms with Crippen molar-refractivity contribution in [2.24, 2.45) is 11.7 Å². The summed E-state index contributed by atoms with van der Waals surface area (Å²) in [6.07, 6.45) is 0.207. The molecule has 0 bridgehead atoms. The topological polar surface area (TPSA) is 142 Å². The molecule has 27 heavy (non-hydrogen) atoms. The summed E-state index contributed by atoms with van der Waals surface area (Å²) in [5.41, 5.74) is 6.71. The van der Waals surface area contributed by atoms with Gasteiger partial charge in [0.15, 0.2) is 0 Å². The van der Waals surface area contributed by atoms with Gasteiger partial charge in [0, 0.05) is 32.0 Å². The van der Waals surface area contributed by atoms with E-state index >= 15 is 0 Å². The van der Waals surface area contributed by atoms with Gasteiger partial charge in [-0.25, -0.2) is 0 Å². The van der Waals surface area contributed by atoms with Crippen LogP contribution < -0.4 is 16.4 Å². The lowest BCUT2D eigenvalue weighted by molar-refractivity contribution is -0.136. The second-order valence-corrected chi connectivity index (χ2v) is 6.70. The third-order valence-electron chi connectivity index (χ3n) is 4.89. The Morgan fingerprint density at radius 3 is 2.70 bits per heavy atom. The van der Waals surface area contributed by atoms with Crippen molar-refractivity contribution in [2.75, 3.05) is 19.7 Å². The SMILES string of the molecule is NCC(CO)CNCc1cccc2c1C(=O)N(C1CCC(=O)NC1=O)C2=O. The molecular formula is C18H22N4O5. The summed E-state index contributed by atoms with van der Waals surface area (Å²) in [6, 6.07) is 4.00. The normalized spacial score (nSPS) is 20.7. The summed E-state index contributed by atoms with van der Waals surface area (Å²) in [6.45, 7) is 1.08. The van der Waals surface area contributed by atoms with E-state index in [0.717, 1.165) is 4.90 Å². The monoisotopic (exact) mass is 374 g/mol. The number of benzene rings is 1. The van der Waals surface area contributed by atoms with Crippen molar-refractivity contribution in [1.29, 1.82) is 0 Å². The quantitative estimate of drug-likeness (QED) is 0.437. The average molecular weight is 374 g/mol. The molecule has 2 aliphatic heterocycles. The molecule has 0 aromatic heterocycles. The molecule has 2 unspecified atom stereocenters. The number of hydrogen-bond donors (Lipinski definition) is 4. The summed E-state index contributed by atoms with van der Waals surface area (Å²) in [5, 5.41) is 14.5. The zero-order valence-corrected chi connectivity index (χ0v) is 14.7. The second kappa shape index (κ2) is 7.95. The number of nitrogens with one attached hydrogen (secondary N) is 2. The van der Waals surface area contributed by atoms with Crippen LogP contribution in [-0.2, 0) is 16.1 Å². The molecule has 0 saturated carbocycles. The minimum atomic E-state index is -0.980. The van der Waals surface area contributed by atoms with E-state index in [0.29, 0.717) is 25.2 Å². The van der Waals surface area contributed by atoms with Crippen LogP contribution in [0.4, 0.5) is 0 Å². The van der Waals surface area contributed by atoms with E-state index in [1.165, 1.54) is 0 Å². The lowest BCUT2D eigenvalue weighted by Crippen LogP contribution is -2.54. The van der Waals surface area contributed by atoms with Crippen LogP contribution >= 0.6 is 0 Å². The highest BCUT2D eigenvalue weighted by atomic mass is 16.3. The van der Waals surface area contributed by atoms with Crippen molar-refractivity contribution in [3.05, 3.63) is 34.9 Å². The predicted molar refractivity (Wildman–Crippen MR) is 94.5 cm³/mol. The largest absolute Gasteiger partial charge is 0.396 e. The zero-order chi connectivity index (χ0) is 19.6. The highest BCUT2D eigenvalue weighted by Crippen LogP contribution is 2.29. The maximum Gasteiger partial charge on any atom is 0.262 e. The van der Waals surface area contributed by atoms with E-state index in [2.05, 4.69) is 10.6 Å². The lowest BCUT2D eigenvalue weighted by atomic mass is 10.0. The van der Waals surface area contributed by atoms with Crippen molar-refractivity contribution in [2.45, 2.75) is 25.4 Å². The summed E-state index contributed by atoms with van der Waals surface area (Å²) < 4.78 is 0. The number of piperidine rings is 1. The number of hydrogen-bond acceptors (Lipinski definition) is 7. The minimum absolute atomic E-state index is 0.0445. The molecule has 1 fully saturated rings. The summed E-state index contributed by atoms with van der Waals surface area (Å²) in [4.78, 5) is 50.0. The molecule has 4 amide bonds. The van der Waals surface area contributed by atoms with Crippen LogP contribution in [-0.4, -0.2) is 59.4 Å². The number of amides is 4. The smallest absolute Gasteiger partial charge is 0.262 e. The van der Waals surface area contributed by atoms with Crippen molar-refractivity contribution >= 4 is 23.6 Å². The first-order valence-electron chi connectivity index (χ1n) is 8.83. The van der Waals surface area contributed by atoms with Crippen LogP contribution in [0.1, 0.15) is 39.1 Å². The maximum atomic E-state index is 12.9. The molecule has 1 saturated heterocycles. The van der Waals surface area contributed by atoms with Gasteiger partial charge < -0.3 is 16.2 Å². The fourth-order valence-corrected chi connectivity index (χ4v) is 3.37. The highest BCUT2D eigenvalue weighted by molar-refractivity contribution is 6.24. The molecule has 1 aromatic carbocycles. The van der Waals surface area contributed by atoms with Crippen LogP contribution in [0, 0.1) is 5.92 Å². The molecule has 3 rings (SSSR count). The predicted octanol–water partition coefficient (Wildman–Crippen LogP) is -1.26. The van der Waals surface area contributed by atoms with Crippen LogP contribution in [0.15, 0.2) is 18.2 Å². The third kappa shape index (κ3) is 3.61. The first-order valence-corrected chi connectivity index (χ1v) is 8.83. The van der Waals surface area contributed by atoms with E-state index in [4.69, 9.17) is 5.73 Å². The maximum absolute atomic E-state index is 12.9. The molecule has 144 valence electrons. The van der Waals surface area contributed by atoms with Crippen LogP contribution in [0.3, 0.4) is 0 Å². The first kappa shape index (κ1) is 19.2. The Morgan fingerprint density at radius 2 is 2.04 bits per heavy atom.